The number of likely N-dealkylation sites (N-methyl/N-ethyl adjacent to an activating group) is 1. The number of anilines is 1. The van der Waals surface area contributed by atoms with Crippen molar-refractivity contribution in [3.8, 4) is 0 Å². The van der Waals surface area contributed by atoms with Crippen molar-refractivity contribution in [3.05, 3.63) is 70.3 Å². The van der Waals surface area contributed by atoms with E-state index in [1.165, 1.54) is 18.2 Å². The van der Waals surface area contributed by atoms with Crippen LogP contribution in [0.5, 0.6) is 0 Å². The fraction of sp³-hybridized carbons (Fsp3) is 0.235. The van der Waals surface area contributed by atoms with Crippen molar-refractivity contribution >= 4 is 17.3 Å². The average molecular weight is 329 g/mol. The molecule has 0 fully saturated rings. The van der Waals surface area contributed by atoms with E-state index in [1.807, 2.05) is 42.3 Å². The second-order valence-electron chi connectivity index (χ2n) is 5.54. The molecule has 2 aromatic carbocycles. The molecule has 0 aromatic heterocycles. The van der Waals surface area contributed by atoms with Crippen LogP contribution in [0.15, 0.2) is 54.6 Å². The predicted molar refractivity (Wildman–Crippen MR) is 91.2 cm³/mol. The van der Waals surface area contributed by atoms with Crippen LogP contribution in [0.4, 0.5) is 11.4 Å². The monoisotopic (exact) mass is 329 g/mol. The fourth-order valence-corrected chi connectivity index (χ4v) is 2.55. The lowest BCUT2D eigenvalue weighted by atomic mass is 9.91. The maximum Gasteiger partial charge on any atom is 0.321 e. The number of nitrogens with two attached hydrogens (primary N) is 1. The van der Waals surface area contributed by atoms with Gasteiger partial charge in [-0.15, -0.1) is 0 Å². The minimum absolute atomic E-state index is 0.0857. The number of hydrogen-bond donors (Lipinski definition) is 2. The number of carbonyl (C=O) groups is 1. The lowest BCUT2D eigenvalue weighted by Crippen LogP contribution is -2.41. The number of benzene rings is 2. The first-order valence-corrected chi connectivity index (χ1v) is 7.39. The van der Waals surface area contributed by atoms with E-state index in [-0.39, 0.29) is 5.69 Å². The largest absolute Gasteiger partial charge is 0.480 e. The standard InChI is InChI=1S/C17H19N3O4/c1-19(13-7-3-2-4-8-13)11-15(16(18)17(21)22)12-6-5-9-14(10-12)20(23)24/h2-10,15-16H,11,18H2,1H3,(H,21,22)/t15?,16-/m0/s1. The molecule has 2 atom stereocenters. The highest BCUT2D eigenvalue weighted by Gasteiger charge is 2.28. The minimum atomic E-state index is -1.17. The second kappa shape index (κ2) is 7.56. The third kappa shape index (κ3) is 4.08. The molecule has 0 aliphatic rings. The molecule has 0 spiro atoms. The first-order valence-electron chi connectivity index (χ1n) is 7.39. The summed E-state index contributed by atoms with van der Waals surface area (Å²) in [6, 6.07) is 14.2. The highest BCUT2D eigenvalue weighted by Crippen LogP contribution is 2.26. The summed E-state index contributed by atoms with van der Waals surface area (Å²) >= 11 is 0. The number of para-hydroxylation sites is 1. The molecule has 0 saturated carbocycles. The van der Waals surface area contributed by atoms with E-state index < -0.39 is 22.9 Å². The molecular formula is C17H19N3O4. The molecule has 126 valence electrons. The Hall–Kier alpha value is -2.93. The van der Waals surface area contributed by atoms with E-state index in [1.54, 1.807) is 6.07 Å². The molecule has 7 heteroatoms. The Morgan fingerprint density at radius 1 is 1.25 bits per heavy atom. The number of nitrogens with zero attached hydrogens (tertiary/aromatic N) is 2. The van der Waals surface area contributed by atoms with Gasteiger partial charge in [0, 0.05) is 37.3 Å². The first-order chi connectivity index (χ1) is 11.4. The summed E-state index contributed by atoms with van der Waals surface area (Å²) in [4.78, 5) is 23.7. The molecule has 7 nitrogen and oxygen atoms in total. The lowest BCUT2D eigenvalue weighted by molar-refractivity contribution is -0.384. The Labute approximate surface area is 139 Å². The minimum Gasteiger partial charge on any atom is -0.480 e. The number of carboxylic acid groups (broad SMARTS) is 1. The molecular weight excluding hydrogens is 310 g/mol. The fourth-order valence-electron chi connectivity index (χ4n) is 2.55. The number of non-ortho nitro benzene ring substituents is 1. The van der Waals surface area contributed by atoms with Gasteiger partial charge in [-0.3, -0.25) is 14.9 Å². The molecule has 0 aliphatic carbocycles. The van der Waals surface area contributed by atoms with Crippen molar-refractivity contribution in [2.45, 2.75) is 12.0 Å². The molecule has 2 aromatic rings. The van der Waals surface area contributed by atoms with Gasteiger partial charge in [0.2, 0.25) is 0 Å². The summed E-state index contributed by atoms with van der Waals surface area (Å²) in [6.45, 7) is 0.318. The van der Waals surface area contributed by atoms with Gasteiger partial charge in [0.15, 0.2) is 0 Å². The molecule has 0 radical (unpaired) electrons. The van der Waals surface area contributed by atoms with Crippen LogP contribution in [0, 0.1) is 10.1 Å². The van der Waals surface area contributed by atoms with Gasteiger partial charge < -0.3 is 15.7 Å². The average Bonchev–Trinajstić information content (AvgIpc) is 2.59. The summed E-state index contributed by atoms with van der Waals surface area (Å²) in [5.41, 5.74) is 7.20. The van der Waals surface area contributed by atoms with Gasteiger partial charge in [-0.25, -0.2) is 0 Å². The van der Waals surface area contributed by atoms with Crippen LogP contribution in [0.1, 0.15) is 11.5 Å². The van der Waals surface area contributed by atoms with Gasteiger partial charge in [-0.1, -0.05) is 30.3 Å². The van der Waals surface area contributed by atoms with Crippen molar-refractivity contribution in [2.75, 3.05) is 18.5 Å². The number of nitro benzene ring substituents is 1. The zero-order chi connectivity index (χ0) is 17.7. The summed E-state index contributed by atoms with van der Waals surface area (Å²) in [5.74, 6) is -1.74. The molecule has 3 N–H and O–H groups in total. The predicted octanol–water partition coefficient (Wildman–Crippen LogP) is 2.23. The summed E-state index contributed by atoms with van der Waals surface area (Å²) in [7, 11) is 1.83. The Bertz CT molecular complexity index is 721. The van der Waals surface area contributed by atoms with Crippen molar-refractivity contribution in [1.29, 1.82) is 0 Å². The number of nitro groups is 1. The zero-order valence-electron chi connectivity index (χ0n) is 13.2. The highest BCUT2D eigenvalue weighted by atomic mass is 16.6. The number of rotatable bonds is 7. The van der Waals surface area contributed by atoms with Crippen LogP contribution in [0.3, 0.4) is 0 Å². The van der Waals surface area contributed by atoms with Gasteiger partial charge in [0.25, 0.3) is 5.69 Å². The van der Waals surface area contributed by atoms with Gasteiger partial charge in [-0.05, 0) is 17.7 Å². The smallest absolute Gasteiger partial charge is 0.321 e. The molecule has 24 heavy (non-hydrogen) atoms. The van der Waals surface area contributed by atoms with Crippen LogP contribution in [0.25, 0.3) is 0 Å². The SMILES string of the molecule is CN(CC(c1cccc([N+](=O)[O-])c1)[C@H](N)C(=O)O)c1ccccc1. The Balaban J connectivity index is 2.33. The number of carboxylic acids is 1. The maximum atomic E-state index is 11.4. The quantitative estimate of drug-likeness (QED) is 0.595. The number of hydrogen-bond acceptors (Lipinski definition) is 5. The van der Waals surface area contributed by atoms with Gasteiger partial charge in [0.05, 0.1) is 4.92 Å². The Kier molecular flexibility index (Phi) is 5.49. The molecule has 0 bridgehead atoms. The van der Waals surface area contributed by atoms with Crippen molar-refractivity contribution in [2.24, 2.45) is 5.73 Å². The van der Waals surface area contributed by atoms with Crippen LogP contribution < -0.4 is 10.6 Å². The summed E-state index contributed by atoms with van der Waals surface area (Å²) < 4.78 is 0. The molecule has 0 saturated heterocycles. The second-order valence-corrected chi connectivity index (χ2v) is 5.54. The molecule has 0 aliphatic heterocycles. The van der Waals surface area contributed by atoms with Gasteiger partial charge in [0.1, 0.15) is 6.04 Å². The van der Waals surface area contributed by atoms with Crippen LogP contribution >= 0.6 is 0 Å². The van der Waals surface area contributed by atoms with Crippen LogP contribution in [0.2, 0.25) is 0 Å². The Morgan fingerprint density at radius 3 is 2.50 bits per heavy atom. The Morgan fingerprint density at radius 2 is 1.92 bits per heavy atom. The van der Waals surface area contributed by atoms with Crippen LogP contribution in [-0.2, 0) is 4.79 Å². The summed E-state index contributed by atoms with van der Waals surface area (Å²) in [5, 5.41) is 20.3. The normalized spacial score (nSPS) is 13.1. The molecule has 1 unspecified atom stereocenters. The molecule has 0 amide bonds. The topological polar surface area (TPSA) is 110 Å². The van der Waals surface area contributed by atoms with Gasteiger partial charge >= 0.3 is 5.97 Å². The van der Waals surface area contributed by atoms with Crippen LogP contribution in [-0.4, -0.2) is 35.6 Å². The summed E-state index contributed by atoms with van der Waals surface area (Å²) in [6.07, 6.45) is 0. The number of aliphatic carboxylic acids is 1. The maximum absolute atomic E-state index is 11.4. The van der Waals surface area contributed by atoms with Crippen molar-refractivity contribution in [1.82, 2.24) is 0 Å². The van der Waals surface area contributed by atoms with E-state index in [9.17, 15) is 20.0 Å². The molecule has 2 rings (SSSR count). The van der Waals surface area contributed by atoms with E-state index in [2.05, 4.69) is 0 Å². The third-order valence-corrected chi connectivity index (χ3v) is 3.90. The lowest BCUT2D eigenvalue weighted by Gasteiger charge is -2.28. The van der Waals surface area contributed by atoms with E-state index >= 15 is 0 Å². The van der Waals surface area contributed by atoms with Crippen molar-refractivity contribution in [3.63, 3.8) is 0 Å². The van der Waals surface area contributed by atoms with Gasteiger partial charge in [-0.2, -0.15) is 0 Å². The molecule has 0 heterocycles. The highest BCUT2D eigenvalue weighted by molar-refractivity contribution is 5.75. The van der Waals surface area contributed by atoms with E-state index in [0.29, 0.717) is 12.1 Å². The van der Waals surface area contributed by atoms with Crippen molar-refractivity contribution < 1.29 is 14.8 Å². The van der Waals surface area contributed by atoms with E-state index in [0.717, 1.165) is 5.69 Å². The first kappa shape index (κ1) is 17.4. The van der Waals surface area contributed by atoms with E-state index in [4.69, 9.17) is 5.73 Å². The zero-order valence-corrected chi connectivity index (χ0v) is 13.2. The third-order valence-electron chi connectivity index (χ3n) is 3.90.